The fourth-order valence-corrected chi connectivity index (χ4v) is 2.72. The van der Waals surface area contributed by atoms with Gasteiger partial charge in [-0.25, -0.2) is 4.79 Å². The Balaban J connectivity index is 2.01. The number of aryl methyl sites for hydroxylation is 1. The molecule has 0 unspecified atom stereocenters. The van der Waals surface area contributed by atoms with E-state index >= 15 is 0 Å². The molecule has 0 saturated heterocycles. The number of benzene rings is 2. The van der Waals surface area contributed by atoms with E-state index in [4.69, 9.17) is 18.6 Å². The molecule has 0 bridgehead atoms. The summed E-state index contributed by atoms with van der Waals surface area (Å²) in [6.07, 6.45) is -4.56. The van der Waals surface area contributed by atoms with E-state index in [-0.39, 0.29) is 23.5 Å². The second-order valence-corrected chi connectivity index (χ2v) is 6.72. The monoisotopic (exact) mass is 436 g/mol. The molecular formula is C22H19F3O6. The molecule has 1 heterocycles. The second kappa shape index (κ2) is 9.11. The summed E-state index contributed by atoms with van der Waals surface area (Å²) in [7, 11) is 0. The van der Waals surface area contributed by atoms with Gasteiger partial charge in [0.1, 0.15) is 17.1 Å². The molecule has 3 aromatic rings. The molecule has 9 heteroatoms. The number of hydrogen-bond donors (Lipinski definition) is 0. The summed E-state index contributed by atoms with van der Waals surface area (Å²) in [6, 6.07) is 9.70. The van der Waals surface area contributed by atoms with Crippen molar-refractivity contribution in [3.63, 3.8) is 0 Å². The van der Waals surface area contributed by atoms with Crippen LogP contribution in [0.1, 0.15) is 31.1 Å². The quantitative estimate of drug-likeness (QED) is 0.259. The molecule has 6 nitrogen and oxygen atoms in total. The summed E-state index contributed by atoms with van der Waals surface area (Å²) < 4.78 is 60.8. The Bertz CT molecular complexity index is 1150. The minimum Gasteiger partial charge on any atom is -0.449 e. The fourth-order valence-electron chi connectivity index (χ4n) is 2.72. The number of halogens is 3. The van der Waals surface area contributed by atoms with E-state index in [1.54, 1.807) is 19.1 Å². The van der Waals surface area contributed by atoms with E-state index in [1.165, 1.54) is 24.3 Å². The van der Waals surface area contributed by atoms with Crippen molar-refractivity contribution >= 4 is 17.1 Å². The van der Waals surface area contributed by atoms with Gasteiger partial charge in [0.25, 0.3) is 5.76 Å². The van der Waals surface area contributed by atoms with Crippen LogP contribution in [0.4, 0.5) is 18.0 Å². The Hall–Kier alpha value is -3.49. The zero-order chi connectivity index (χ0) is 22.6. The molecule has 1 aromatic heterocycles. The molecule has 0 atom stereocenters. The van der Waals surface area contributed by atoms with Crippen LogP contribution in [-0.4, -0.2) is 12.8 Å². The van der Waals surface area contributed by atoms with E-state index in [9.17, 15) is 22.8 Å². The van der Waals surface area contributed by atoms with Gasteiger partial charge in [0, 0.05) is 6.07 Å². The molecule has 0 aliphatic rings. The molecule has 0 radical (unpaired) electrons. The SMILES string of the molecule is CCCCOC(=O)Oc1ccc2c(=O)c(Oc3cccc(C)c3)c(C(F)(F)F)oc2c1. The number of fused-ring (bicyclic) bond motifs is 1. The smallest absolute Gasteiger partial charge is 0.449 e. The first-order valence-corrected chi connectivity index (χ1v) is 9.46. The number of rotatable bonds is 6. The Morgan fingerprint density at radius 1 is 1.10 bits per heavy atom. The second-order valence-electron chi connectivity index (χ2n) is 6.72. The van der Waals surface area contributed by atoms with Crippen LogP contribution in [0.15, 0.2) is 51.7 Å². The Labute approximate surface area is 175 Å². The van der Waals surface area contributed by atoms with E-state index in [1.807, 2.05) is 6.92 Å². The number of unbranched alkanes of at least 4 members (excludes halogenated alkanes) is 1. The Morgan fingerprint density at radius 3 is 2.55 bits per heavy atom. The maximum atomic E-state index is 13.6. The summed E-state index contributed by atoms with van der Waals surface area (Å²) in [5.74, 6) is -2.63. The molecule has 164 valence electrons. The molecular weight excluding hydrogens is 417 g/mol. The van der Waals surface area contributed by atoms with Crippen LogP contribution in [0, 0.1) is 6.92 Å². The van der Waals surface area contributed by atoms with Gasteiger partial charge in [-0.15, -0.1) is 0 Å². The highest BCUT2D eigenvalue weighted by molar-refractivity contribution is 5.80. The van der Waals surface area contributed by atoms with Crippen molar-refractivity contribution in [1.82, 2.24) is 0 Å². The van der Waals surface area contributed by atoms with Crippen LogP contribution >= 0.6 is 0 Å². The molecule has 0 spiro atoms. The summed E-state index contributed by atoms with van der Waals surface area (Å²) in [6.45, 7) is 3.79. The predicted octanol–water partition coefficient (Wildman–Crippen LogP) is 6.23. The lowest BCUT2D eigenvalue weighted by Crippen LogP contribution is -2.16. The first-order chi connectivity index (χ1) is 14.7. The molecule has 0 amide bonds. The predicted molar refractivity (Wildman–Crippen MR) is 106 cm³/mol. The Kier molecular flexibility index (Phi) is 6.53. The van der Waals surface area contributed by atoms with Crippen LogP contribution in [0.2, 0.25) is 0 Å². The lowest BCUT2D eigenvalue weighted by molar-refractivity contribution is -0.154. The molecule has 0 N–H and O–H groups in total. The zero-order valence-electron chi connectivity index (χ0n) is 16.7. The van der Waals surface area contributed by atoms with Gasteiger partial charge in [-0.1, -0.05) is 25.5 Å². The molecule has 0 saturated carbocycles. The molecule has 0 aliphatic heterocycles. The van der Waals surface area contributed by atoms with E-state index in [0.717, 1.165) is 18.1 Å². The molecule has 0 fully saturated rings. The van der Waals surface area contributed by atoms with Crippen molar-refractivity contribution in [3.8, 4) is 17.2 Å². The van der Waals surface area contributed by atoms with Crippen molar-refractivity contribution in [1.29, 1.82) is 0 Å². The highest BCUT2D eigenvalue weighted by Crippen LogP contribution is 2.38. The summed E-state index contributed by atoms with van der Waals surface area (Å²) >= 11 is 0. The highest BCUT2D eigenvalue weighted by Gasteiger charge is 2.40. The number of alkyl halides is 3. The highest BCUT2D eigenvalue weighted by atomic mass is 19.4. The van der Waals surface area contributed by atoms with E-state index in [2.05, 4.69) is 0 Å². The average molecular weight is 436 g/mol. The number of carbonyl (C=O) groups excluding carboxylic acids is 1. The van der Waals surface area contributed by atoms with E-state index in [0.29, 0.717) is 6.42 Å². The standard InChI is InChI=1S/C22H19F3O6/c1-3-4-10-28-21(27)30-15-8-9-16-17(12-15)31-20(22(23,24)25)19(18(16)26)29-14-7-5-6-13(2)11-14/h5-9,11-12H,3-4,10H2,1-2H3. The largest absolute Gasteiger partial charge is 0.513 e. The van der Waals surface area contributed by atoms with Crippen molar-refractivity contribution in [3.05, 3.63) is 64.0 Å². The zero-order valence-corrected chi connectivity index (χ0v) is 16.7. The van der Waals surface area contributed by atoms with Gasteiger partial charge < -0.3 is 18.6 Å². The average Bonchev–Trinajstić information content (AvgIpc) is 2.69. The van der Waals surface area contributed by atoms with Crippen LogP contribution in [0.5, 0.6) is 17.2 Å². The van der Waals surface area contributed by atoms with Crippen molar-refractivity contribution in [2.75, 3.05) is 6.61 Å². The molecule has 3 rings (SSSR count). The van der Waals surface area contributed by atoms with Crippen LogP contribution in [-0.2, 0) is 10.9 Å². The minimum absolute atomic E-state index is 0.0620. The number of carbonyl (C=O) groups is 1. The minimum atomic E-state index is -5.00. The van der Waals surface area contributed by atoms with Crippen molar-refractivity contribution in [2.24, 2.45) is 0 Å². The van der Waals surface area contributed by atoms with Crippen LogP contribution in [0.3, 0.4) is 0 Å². The molecule has 31 heavy (non-hydrogen) atoms. The van der Waals surface area contributed by atoms with Gasteiger partial charge in [-0.3, -0.25) is 4.79 Å². The normalized spacial score (nSPS) is 11.4. The third-order valence-corrected chi connectivity index (χ3v) is 4.21. The first-order valence-electron chi connectivity index (χ1n) is 9.46. The lowest BCUT2D eigenvalue weighted by Gasteiger charge is -2.14. The summed E-state index contributed by atoms with van der Waals surface area (Å²) in [5, 5.41) is -0.164. The van der Waals surface area contributed by atoms with Crippen molar-refractivity contribution in [2.45, 2.75) is 32.9 Å². The number of ether oxygens (including phenoxy) is 3. The maximum absolute atomic E-state index is 13.6. The van der Waals surface area contributed by atoms with Crippen molar-refractivity contribution < 1.29 is 36.6 Å². The third kappa shape index (κ3) is 5.36. The van der Waals surface area contributed by atoms with Gasteiger partial charge in [0.2, 0.25) is 11.2 Å². The maximum Gasteiger partial charge on any atom is 0.513 e. The topological polar surface area (TPSA) is 75.0 Å². The molecule has 0 aliphatic carbocycles. The van der Waals surface area contributed by atoms with Crippen LogP contribution in [0.25, 0.3) is 11.0 Å². The van der Waals surface area contributed by atoms with Gasteiger partial charge >= 0.3 is 12.3 Å². The lowest BCUT2D eigenvalue weighted by atomic mass is 10.2. The van der Waals surface area contributed by atoms with Gasteiger partial charge in [-0.2, -0.15) is 13.2 Å². The Morgan fingerprint density at radius 2 is 1.87 bits per heavy atom. The summed E-state index contributed by atoms with van der Waals surface area (Å²) in [5.41, 5.74) is -0.677. The van der Waals surface area contributed by atoms with Gasteiger partial charge in [0.05, 0.1) is 12.0 Å². The number of hydrogen-bond acceptors (Lipinski definition) is 6. The van der Waals surface area contributed by atoms with Crippen LogP contribution < -0.4 is 14.9 Å². The first kappa shape index (κ1) is 22.2. The van der Waals surface area contributed by atoms with Gasteiger partial charge in [-0.05, 0) is 43.2 Å². The summed E-state index contributed by atoms with van der Waals surface area (Å²) in [4.78, 5) is 24.4. The van der Waals surface area contributed by atoms with E-state index < -0.39 is 34.9 Å². The third-order valence-electron chi connectivity index (χ3n) is 4.21. The fraction of sp³-hybridized carbons (Fsp3) is 0.273. The molecule has 2 aromatic carbocycles. The van der Waals surface area contributed by atoms with Gasteiger partial charge in [0.15, 0.2) is 0 Å².